The van der Waals surface area contributed by atoms with Crippen LogP contribution >= 0.6 is 0 Å². The summed E-state index contributed by atoms with van der Waals surface area (Å²) in [6.45, 7) is 0.288. The number of methoxy groups -OCH3 is 3. The van der Waals surface area contributed by atoms with Gasteiger partial charge in [-0.3, -0.25) is 4.79 Å². The molecule has 0 aliphatic carbocycles. The number of ether oxygens (including phenoxy) is 3. The van der Waals surface area contributed by atoms with E-state index < -0.39 is 0 Å². The zero-order valence-electron chi connectivity index (χ0n) is 16.6. The zero-order valence-corrected chi connectivity index (χ0v) is 16.6. The van der Waals surface area contributed by atoms with Crippen LogP contribution in [0.4, 0.5) is 0 Å². The number of hydrogen-bond donors (Lipinski definition) is 1. The molecule has 0 aliphatic rings. The first-order valence-corrected chi connectivity index (χ1v) is 8.99. The van der Waals surface area contributed by atoms with E-state index in [2.05, 4.69) is 10.4 Å². The minimum atomic E-state index is -0.228. The number of aromatic nitrogens is 2. The number of benzene rings is 2. The summed E-state index contributed by atoms with van der Waals surface area (Å²) in [5.41, 5.74) is 2.56. The Labute approximate surface area is 169 Å². The molecule has 150 valence electrons. The van der Waals surface area contributed by atoms with Gasteiger partial charge in [0.1, 0.15) is 5.75 Å². The van der Waals surface area contributed by atoms with Crippen LogP contribution in [0, 0.1) is 0 Å². The van der Waals surface area contributed by atoms with E-state index in [1.54, 1.807) is 50.4 Å². The van der Waals surface area contributed by atoms with Gasteiger partial charge in [-0.1, -0.05) is 18.2 Å². The summed E-state index contributed by atoms with van der Waals surface area (Å²) >= 11 is 0. The van der Waals surface area contributed by atoms with E-state index in [4.69, 9.17) is 14.2 Å². The van der Waals surface area contributed by atoms with Crippen molar-refractivity contribution in [2.75, 3.05) is 21.3 Å². The number of amides is 1. The van der Waals surface area contributed by atoms with E-state index in [-0.39, 0.29) is 12.5 Å². The summed E-state index contributed by atoms with van der Waals surface area (Å²) in [5, 5.41) is 7.15. The summed E-state index contributed by atoms with van der Waals surface area (Å²) in [6, 6.07) is 13.3. The predicted octanol–water partition coefficient (Wildman–Crippen LogP) is 3.23. The highest BCUT2D eigenvalue weighted by Crippen LogP contribution is 2.34. The topological polar surface area (TPSA) is 74.6 Å². The van der Waals surface area contributed by atoms with Gasteiger partial charge in [0.25, 0.3) is 0 Å². The third kappa shape index (κ3) is 4.95. The Bertz CT molecular complexity index is 997. The molecular weight excluding hydrogens is 370 g/mol. The molecule has 0 saturated carbocycles. The molecule has 0 saturated heterocycles. The molecule has 0 bridgehead atoms. The first-order valence-electron chi connectivity index (χ1n) is 8.99. The van der Waals surface area contributed by atoms with Gasteiger partial charge in [0.2, 0.25) is 5.91 Å². The molecule has 1 N–H and O–H groups in total. The largest absolute Gasteiger partial charge is 0.496 e. The van der Waals surface area contributed by atoms with Crippen molar-refractivity contribution in [1.82, 2.24) is 15.1 Å². The standard InChI is InChI=1S/C22H23N3O4/c1-27-19-12-21(29-3)20(28-2)11-17(19)14-23-22(26)10-9-16-13-24-25(15-16)18-7-5-4-6-8-18/h4-13,15H,14H2,1-3H3,(H,23,26)/b10-9+. The van der Waals surface area contributed by atoms with E-state index in [1.807, 2.05) is 36.5 Å². The summed E-state index contributed by atoms with van der Waals surface area (Å²) < 4.78 is 17.7. The Morgan fingerprint density at radius 1 is 1.03 bits per heavy atom. The van der Waals surface area contributed by atoms with Gasteiger partial charge in [-0.25, -0.2) is 4.68 Å². The van der Waals surface area contributed by atoms with Crippen LogP contribution in [0.15, 0.2) is 60.9 Å². The number of carbonyl (C=O) groups is 1. The van der Waals surface area contributed by atoms with Crippen LogP contribution in [0.25, 0.3) is 11.8 Å². The van der Waals surface area contributed by atoms with Crippen molar-refractivity contribution in [3.05, 3.63) is 72.1 Å². The van der Waals surface area contributed by atoms with Crippen LogP contribution < -0.4 is 19.5 Å². The summed E-state index contributed by atoms with van der Waals surface area (Å²) in [4.78, 5) is 12.2. The minimum absolute atomic E-state index is 0.228. The summed E-state index contributed by atoms with van der Waals surface area (Å²) in [7, 11) is 4.69. The molecule has 0 fully saturated rings. The molecule has 0 radical (unpaired) electrons. The second-order valence-electron chi connectivity index (χ2n) is 6.12. The lowest BCUT2D eigenvalue weighted by atomic mass is 10.1. The van der Waals surface area contributed by atoms with E-state index in [1.165, 1.54) is 6.08 Å². The fourth-order valence-corrected chi connectivity index (χ4v) is 2.79. The molecule has 0 atom stereocenters. The molecule has 2 aromatic carbocycles. The van der Waals surface area contributed by atoms with Crippen molar-refractivity contribution < 1.29 is 19.0 Å². The first kappa shape index (κ1) is 20.0. The second-order valence-corrected chi connectivity index (χ2v) is 6.12. The lowest BCUT2D eigenvalue weighted by molar-refractivity contribution is -0.116. The number of nitrogens with zero attached hydrogens (tertiary/aromatic N) is 2. The lowest BCUT2D eigenvalue weighted by Gasteiger charge is -2.14. The van der Waals surface area contributed by atoms with Crippen LogP contribution in [0.5, 0.6) is 17.2 Å². The van der Waals surface area contributed by atoms with Crippen LogP contribution in [0.1, 0.15) is 11.1 Å². The SMILES string of the molecule is COc1cc(OC)c(OC)cc1CNC(=O)/C=C/c1cnn(-c2ccccc2)c1. The number of para-hydroxylation sites is 1. The van der Waals surface area contributed by atoms with Gasteiger partial charge in [0, 0.05) is 36.0 Å². The monoisotopic (exact) mass is 393 g/mol. The quantitative estimate of drug-likeness (QED) is 0.595. The molecule has 1 amide bonds. The first-order chi connectivity index (χ1) is 14.1. The Balaban J connectivity index is 1.64. The molecule has 1 heterocycles. The van der Waals surface area contributed by atoms with E-state index >= 15 is 0 Å². The van der Waals surface area contributed by atoms with Crippen molar-refractivity contribution in [3.8, 4) is 22.9 Å². The third-order valence-corrected chi connectivity index (χ3v) is 4.29. The van der Waals surface area contributed by atoms with E-state index in [0.29, 0.717) is 17.2 Å². The van der Waals surface area contributed by atoms with Gasteiger partial charge in [0.15, 0.2) is 11.5 Å². The van der Waals surface area contributed by atoms with Crippen molar-refractivity contribution in [2.24, 2.45) is 0 Å². The number of hydrogen-bond acceptors (Lipinski definition) is 5. The summed E-state index contributed by atoms with van der Waals surface area (Å²) in [6.07, 6.45) is 6.75. The highest BCUT2D eigenvalue weighted by atomic mass is 16.5. The highest BCUT2D eigenvalue weighted by molar-refractivity contribution is 5.91. The zero-order chi connectivity index (χ0) is 20.6. The number of carbonyl (C=O) groups excluding carboxylic acids is 1. The average molecular weight is 393 g/mol. The Morgan fingerprint density at radius 2 is 1.72 bits per heavy atom. The van der Waals surface area contributed by atoms with Crippen molar-refractivity contribution in [3.63, 3.8) is 0 Å². The highest BCUT2D eigenvalue weighted by Gasteiger charge is 2.12. The van der Waals surface area contributed by atoms with Crippen molar-refractivity contribution >= 4 is 12.0 Å². The van der Waals surface area contributed by atoms with Gasteiger partial charge < -0.3 is 19.5 Å². The Hall–Kier alpha value is -3.74. The molecule has 1 aromatic heterocycles. The lowest BCUT2D eigenvalue weighted by Crippen LogP contribution is -2.20. The van der Waals surface area contributed by atoms with Gasteiger partial charge in [-0.05, 0) is 24.3 Å². The fourth-order valence-electron chi connectivity index (χ4n) is 2.79. The minimum Gasteiger partial charge on any atom is -0.496 e. The Morgan fingerprint density at radius 3 is 2.41 bits per heavy atom. The van der Waals surface area contributed by atoms with Gasteiger partial charge in [-0.2, -0.15) is 5.10 Å². The molecule has 0 aliphatic heterocycles. The number of nitrogens with one attached hydrogen (secondary N) is 1. The summed E-state index contributed by atoms with van der Waals surface area (Å²) in [5.74, 6) is 1.52. The van der Waals surface area contributed by atoms with Crippen LogP contribution in [-0.4, -0.2) is 37.0 Å². The molecular formula is C22H23N3O4. The maximum absolute atomic E-state index is 12.2. The fraction of sp³-hybridized carbons (Fsp3) is 0.182. The van der Waals surface area contributed by atoms with Crippen molar-refractivity contribution in [2.45, 2.75) is 6.54 Å². The van der Waals surface area contributed by atoms with Crippen LogP contribution in [0.3, 0.4) is 0 Å². The molecule has 3 rings (SSSR count). The van der Waals surface area contributed by atoms with Crippen molar-refractivity contribution in [1.29, 1.82) is 0 Å². The van der Waals surface area contributed by atoms with Gasteiger partial charge in [0.05, 0.1) is 33.2 Å². The molecule has 7 nitrogen and oxygen atoms in total. The maximum atomic E-state index is 12.2. The van der Waals surface area contributed by atoms with Crippen LogP contribution in [-0.2, 0) is 11.3 Å². The molecule has 0 unspecified atom stereocenters. The third-order valence-electron chi connectivity index (χ3n) is 4.29. The van der Waals surface area contributed by atoms with E-state index in [0.717, 1.165) is 16.8 Å². The second kappa shape index (κ2) is 9.45. The molecule has 29 heavy (non-hydrogen) atoms. The predicted molar refractivity (Wildman–Crippen MR) is 111 cm³/mol. The van der Waals surface area contributed by atoms with Gasteiger partial charge >= 0.3 is 0 Å². The van der Waals surface area contributed by atoms with E-state index in [9.17, 15) is 4.79 Å². The van der Waals surface area contributed by atoms with Crippen LogP contribution in [0.2, 0.25) is 0 Å². The average Bonchev–Trinajstić information content (AvgIpc) is 3.25. The Kier molecular flexibility index (Phi) is 6.52. The maximum Gasteiger partial charge on any atom is 0.244 e. The number of rotatable bonds is 8. The molecule has 0 spiro atoms. The smallest absolute Gasteiger partial charge is 0.244 e. The normalized spacial score (nSPS) is 10.7. The molecule has 3 aromatic rings. The molecule has 7 heteroatoms. The van der Waals surface area contributed by atoms with Gasteiger partial charge in [-0.15, -0.1) is 0 Å².